The molecule has 1 N–H and O–H groups in total. The molecule has 3 nitrogen and oxygen atoms in total. The number of hydrogen-bond acceptors (Lipinski definition) is 2. The topological polar surface area (TPSA) is 40.5 Å². The Morgan fingerprint density at radius 1 is 1.14 bits per heavy atom. The fourth-order valence-electron chi connectivity index (χ4n) is 4.03. The van der Waals surface area contributed by atoms with Crippen molar-refractivity contribution in [1.82, 2.24) is 4.90 Å². The van der Waals surface area contributed by atoms with Crippen molar-refractivity contribution in [1.29, 1.82) is 0 Å². The van der Waals surface area contributed by atoms with Crippen LogP contribution in [0.15, 0.2) is 0 Å². The van der Waals surface area contributed by atoms with Crippen LogP contribution in [0.5, 0.6) is 0 Å². The van der Waals surface area contributed by atoms with Crippen molar-refractivity contribution >= 4 is 5.97 Å². The normalized spacial score (nSPS) is 19.5. The Bertz CT molecular complexity index is 300. The molecule has 1 aliphatic rings. The SMILES string of the molecule is CCCC1(CCC)CN(CCC(CCC(=O)O)C(C)C)C1. The van der Waals surface area contributed by atoms with E-state index >= 15 is 0 Å². The average Bonchev–Trinajstić information content (AvgIpc) is 2.35. The summed E-state index contributed by atoms with van der Waals surface area (Å²) in [6, 6.07) is 0. The lowest BCUT2D eigenvalue weighted by Crippen LogP contribution is -2.56. The molecule has 1 aliphatic heterocycles. The van der Waals surface area contributed by atoms with Crippen molar-refractivity contribution in [3.8, 4) is 0 Å². The number of carboxylic acids is 1. The Hall–Kier alpha value is -0.570. The highest BCUT2D eigenvalue weighted by Crippen LogP contribution is 2.40. The van der Waals surface area contributed by atoms with E-state index in [1.807, 2.05) is 0 Å². The third-order valence-corrected chi connectivity index (χ3v) is 5.17. The summed E-state index contributed by atoms with van der Waals surface area (Å²) in [5.74, 6) is 0.477. The van der Waals surface area contributed by atoms with E-state index in [2.05, 4.69) is 32.6 Å². The average molecular weight is 297 g/mol. The molecule has 1 saturated heterocycles. The van der Waals surface area contributed by atoms with Crippen molar-refractivity contribution < 1.29 is 9.90 Å². The highest BCUT2D eigenvalue weighted by atomic mass is 16.4. The van der Waals surface area contributed by atoms with E-state index in [-0.39, 0.29) is 0 Å². The van der Waals surface area contributed by atoms with Crippen LogP contribution in [-0.4, -0.2) is 35.6 Å². The summed E-state index contributed by atoms with van der Waals surface area (Å²) in [4.78, 5) is 13.3. The van der Waals surface area contributed by atoms with Crippen molar-refractivity contribution in [2.45, 2.75) is 72.6 Å². The maximum atomic E-state index is 10.8. The maximum Gasteiger partial charge on any atom is 0.303 e. The molecule has 0 amide bonds. The van der Waals surface area contributed by atoms with Gasteiger partial charge in [-0.15, -0.1) is 0 Å². The number of likely N-dealkylation sites (tertiary alicyclic amines) is 1. The Morgan fingerprint density at radius 3 is 2.14 bits per heavy atom. The Kier molecular flexibility index (Phi) is 7.72. The lowest BCUT2D eigenvalue weighted by atomic mass is 9.72. The largest absolute Gasteiger partial charge is 0.481 e. The predicted octanol–water partition coefficient (Wildman–Crippen LogP) is 4.42. The van der Waals surface area contributed by atoms with Crippen molar-refractivity contribution in [2.24, 2.45) is 17.3 Å². The van der Waals surface area contributed by atoms with Gasteiger partial charge in [0.05, 0.1) is 0 Å². The molecule has 3 heteroatoms. The molecular weight excluding hydrogens is 262 g/mol. The molecule has 0 saturated carbocycles. The van der Waals surface area contributed by atoms with Gasteiger partial charge in [-0.2, -0.15) is 0 Å². The summed E-state index contributed by atoms with van der Waals surface area (Å²) in [5, 5.41) is 8.86. The Balaban J connectivity index is 2.33. The standard InChI is InChI=1S/C18H35NO2/c1-5-10-18(11-6-2)13-19(14-18)12-9-16(15(3)4)7-8-17(20)21/h15-16H,5-14H2,1-4H3,(H,20,21). The van der Waals surface area contributed by atoms with Gasteiger partial charge in [0.1, 0.15) is 0 Å². The molecule has 1 heterocycles. The van der Waals surface area contributed by atoms with Crippen molar-refractivity contribution in [3.63, 3.8) is 0 Å². The van der Waals surface area contributed by atoms with Gasteiger partial charge in [0.2, 0.25) is 0 Å². The van der Waals surface area contributed by atoms with Gasteiger partial charge in [-0.1, -0.05) is 40.5 Å². The highest BCUT2D eigenvalue weighted by molar-refractivity contribution is 5.66. The first kappa shape index (κ1) is 18.5. The minimum absolute atomic E-state index is 0.318. The number of aliphatic carboxylic acids is 1. The molecule has 0 radical (unpaired) electrons. The summed E-state index contributed by atoms with van der Waals surface area (Å²) in [6.07, 6.45) is 7.61. The van der Waals surface area contributed by atoms with Crippen molar-refractivity contribution in [3.05, 3.63) is 0 Å². The lowest BCUT2D eigenvalue weighted by molar-refractivity contribution is -0.137. The molecule has 0 aromatic rings. The van der Waals surface area contributed by atoms with Gasteiger partial charge >= 0.3 is 5.97 Å². The second-order valence-corrected chi connectivity index (χ2v) is 7.44. The summed E-state index contributed by atoms with van der Waals surface area (Å²) in [6.45, 7) is 12.7. The number of rotatable bonds is 11. The quantitative estimate of drug-likeness (QED) is 0.614. The second-order valence-electron chi connectivity index (χ2n) is 7.44. The van der Waals surface area contributed by atoms with Crippen LogP contribution in [0.25, 0.3) is 0 Å². The van der Waals surface area contributed by atoms with E-state index in [9.17, 15) is 4.79 Å². The van der Waals surface area contributed by atoms with Gasteiger partial charge < -0.3 is 10.0 Å². The number of nitrogens with zero attached hydrogens (tertiary/aromatic N) is 1. The fourth-order valence-corrected chi connectivity index (χ4v) is 4.03. The highest BCUT2D eigenvalue weighted by Gasteiger charge is 2.40. The number of carboxylic acid groups (broad SMARTS) is 1. The van der Waals surface area contributed by atoms with Crippen LogP contribution in [0.4, 0.5) is 0 Å². The molecular formula is C18H35NO2. The molecule has 1 unspecified atom stereocenters. The first-order chi connectivity index (χ1) is 9.92. The minimum Gasteiger partial charge on any atom is -0.481 e. The van der Waals surface area contributed by atoms with Crippen LogP contribution in [-0.2, 0) is 4.79 Å². The molecule has 124 valence electrons. The van der Waals surface area contributed by atoms with Crippen molar-refractivity contribution in [2.75, 3.05) is 19.6 Å². The Labute approximate surface area is 131 Å². The molecule has 0 aromatic carbocycles. The molecule has 1 fully saturated rings. The summed E-state index contributed by atoms with van der Waals surface area (Å²) in [7, 11) is 0. The first-order valence-electron chi connectivity index (χ1n) is 8.86. The molecule has 1 rings (SSSR count). The van der Waals surface area contributed by atoms with Crippen LogP contribution in [0, 0.1) is 17.3 Å². The van der Waals surface area contributed by atoms with Crippen LogP contribution >= 0.6 is 0 Å². The molecule has 1 atom stereocenters. The molecule has 0 bridgehead atoms. The van der Waals surface area contributed by atoms with Crippen LogP contribution < -0.4 is 0 Å². The fraction of sp³-hybridized carbons (Fsp3) is 0.944. The summed E-state index contributed by atoms with van der Waals surface area (Å²) in [5.41, 5.74) is 0.595. The van der Waals surface area contributed by atoms with E-state index < -0.39 is 5.97 Å². The number of hydrogen-bond donors (Lipinski definition) is 1. The van der Waals surface area contributed by atoms with E-state index in [1.54, 1.807) is 0 Å². The van der Waals surface area contributed by atoms with Crippen LogP contribution in [0.2, 0.25) is 0 Å². The van der Waals surface area contributed by atoms with Gasteiger partial charge in [-0.05, 0) is 49.5 Å². The van der Waals surface area contributed by atoms with E-state index in [0.29, 0.717) is 23.7 Å². The van der Waals surface area contributed by atoms with Gasteiger partial charge in [0.15, 0.2) is 0 Å². The first-order valence-corrected chi connectivity index (χ1v) is 8.86. The summed E-state index contributed by atoms with van der Waals surface area (Å²) >= 11 is 0. The van der Waals surface area contributed by atoms with Gasteiger partial charge in [-0.3, -0.25) is 4.79 Å². The Morgan fingerprint density at radius 2 is 1.71 bits per heavy atom. The summed E-state index contributed by atoms with van der Waals surface area (Å²) < 4.78 is 0. The maximum absolute atomic E-state index is 10.8. The van der Waals surface area contributed by atoms with E-state index in [0.717, 1.165) is 19.4 Å². The van der Waals surface area contributed by atoms with Crippen LogP contribution in [0.3, 0.4) is 0 Å². The van der Waals surface area contributed by atoms with Gasteiger partial charge in [0, 0.05) is 19.5 Å². The number of carbonyl (C=O) groups is 1. The minimum atomic E-state index is -0.658. The van der Waals surface area contributed by atoms with Crippen LogP contribution in [0.1, 0.15) is 72.6 Å². The third-order valence-electron chi connectivity index (χ3n) is 5.17. The van der Waals surface area contributed by atoms with Gasteiger partial charge in [0.25, 0.3) is 0 Å². The molecule has 0 aliphatic carbocycles. The zero-order valence-electron chi connectivity index (χ0n) is 14.5. The molecule has 21 heavy (non-hydrogen) atoms. The zero-order valence-corrected chi connectivity index (χ0v) is 14.5. The third kappa shape index (κ3) is 5.98. The zero-order chi connectivity index (χ0) is 15.9. The monoisotopic (exact) mass is 297 g/mol. The van der Waals surface area contributed by atoms with Gasteiger partial charge in [-0.25, -0.2) is 0 Å². The molecule has 0 spiro atoms. The molecule has 0 aromatic heterocycles. The smallest absolute Gasteiger partial charge is 0.303 e. The second kappa shape index (κ2) is 8.77. The van der Waals surface area contributed by atoms with E-state index in [4.69, 9.17) is 5.11 Å². The predicted molar refractivity (Wildman–Crippen MR) is 88.5 cm³/mol. The lowest BCUT2D eigenvalue weighted by Gasteiger charge is -2.51. The van der Waals surface area contributed by atoms with E-state index in [1.165, 1.54) is 38.8 Å².